The Balaban J connectivity index is 1.43. The molecule has 1 aromatic heterocycles. The van der Waals surface area contributed by atoms with E-state index in [0.29, 0.717) is 23.7 Å². The van der Waals surface area contributed by atoms with Crippen LogP contribution in [0.25, 0.3) is 0 Å². The molecule has 1 N–H and O–H groups in total. The van der Waals surface area contributed by atoms with Crippen LogP contribution in [0.3, 0.4) is 0 Å². The maximum atomic E-state index is 12.5. The maximum Gasteiger partial charge on any atom is 0.238 e. The minimum Gasteiger partial charge on any atom is -0.497 e. The van der Waals surface area contributed by atoms with Crippen LogP contribution in [0.4, 0.5) is 5.69 Å². The number of nitrogens with one attached hydrogen (secondary N) is 1. The summed E-state index contributed by atoms with van der Waals surface area (Å²) in [6.45, 7) is 8.18. The fourth-order valence-corrected chi connectivity index (χ4v) is 3.57. The number of aryl methyl sites for hydroxylation is 1. The van der Waals surface area contributed by atoms with Crippen LogP contribution in [0.15, 0.2) is 30.6 Å². The number of aromatic nitrogens is 2. The maximum absolute atomic E-state index is 12.5. The monoisotopic (exact) mass is 401 g/mol. The molecule has 0 bridgehead atoms. The molecule has 8 nitrogen and oxygen atoms in total. The van der Waals surface area contributed by atoms with E-state index < -0.39 is 0 Å². The van der Waals surface area contributed by atoms with E-state index in [-0.39, 0.29) is 5.91 Å². The second-order valence-electron chi connectivity index (χ2n) is 7.12. The fourth-order valence-electron chi connectivity index (χ4n) is 3.57. The molecule has 1 saturated heterocycles. The molecule has 1 aromatic carbocycles. The van der Waals surface area contributed by atoms with Gasteiger partial charge < -0.3 is 19.4 Å². The highest BCUT2D eigenvalue weighted by atomic mass is 16.5. The molecule has 1 aliphatic heterocycles. The topological polar surface area (TPSA) is 71.9 Å². The van der Waals surface area contributed by atoms with Gasteiger partial charge in [0, 0.05) is 64.1 Å². The molecule has 0 atom stereocenters. The Morgan fingerprint density at radius 3 is 2.55 bits per heavy atom. The van der Waals surface area contributed by atoms with Crippen molar-refractivity contribution in [2.45, 2.75) is 19.9 Å². The molecule has 0 saturated carbocycles. The zero-order chi connectivity index (χ0) is 20.6. The Bertz CT molecular complexity index is 799. The van der Waals surface area contributed by atoms with Crippen molar-refractivity contribution in [1.82, 2.24) is 19.4 Å². The number of carbonyl (C=O) groups excluding carboxylic acids is 1. The van der Waals surface area contributed by atoms with E-state index in [1.54, 1.807) is 32.4 Å². The standard InChI is InChI=1S/C21H31N5O3/c1-4-20-22-7-8-26(20)14-13-24-9-11-25(12-10-24)16-21(27)23-18-6-5-17(28-2)15-19(18)29-3/h5-8,15H,4,9-14,16H2,1-3H3,(H,23,27). The van der Waals surface area contributed by atoms with Crippen LogP contribution in [0.1, 0.15) is 12.7 Å². The van der Waals surface area contributed by atoms with Gasteiger partial charge in [0.1, 0.15) is 17.3 Å². The highest BCUT2D eigenvalue weighted by molar-refractivity contribution is 5.93. The van der Waals surface area contributed by atoms with Crippen LogP contribution in [-0.2, 0) is 17.8 Å². The number of anilines is 1. The summed E-state index contributed by atoms with van der Waals surface area (Å²) in [5.74, 6) is 2.38. The molecule has 0 radical (unpaired) electrons. The first-order chi connectivity index (χ1) is 14.1. The number of nitrogens with zero attached hydrogens (tertiary/aromatic N) is 4. The lowest BCUT2D eigenvalue weighted by Crippen LogP contribution is -2.49. The summed E-state index contributed by atoms with van der Waals surface area (Å²) in [4.78, 5) is 21.5. The molecule has 1 amide bonds. The molecule has 2 aromatic rings. The minimum absolute atomic E-state index is 0.0343. The lowest BCUT2D eigenvalue weighted by atomic mass is 10.2. The predicted octanol–water partition coefficient (Wildman–Crippen LogP) is 1.72. The summed E-state index contributed by atoms with van der Waals surface area (Å²) in [5.41, 5.74) is 0.656. The molecule has 0 aliphatic carbocycles. The van der Waals surface area contributed by atoms with Crippen LogP contribution >= 0.6 is 0 Å². The fraction of sp³-hybridized carbons (Fsp3) is 0.524. The van der Waals surface area contributed by atoms with E-state index in [2.05, 4.69) is 31.6 Å². The third-order valence-corrected chi connectivity index (χ3v) is 5.29. The van der Waals surface area contributed by atoms with Gasteiger partial charge in [-0.2, -0.15) is 0 Å². The lowest BCUT2D eigenvalue weighted by Gasteiger charge is -2.34. The van der Waals surface area contributed by atoms with Crippen molar-refractivity contribution in [3.05, 3.63) is 36.4 Å². The first kappa shape index (κ1) is 21.1. The van der Waals surface area contributed by atoms with Crippen molar-refractivity contribution < 1.29 is 14.3 Å². The number of piperazine rings is 1. The molecule has 1 aliphatic rings. The molecule has 158 valence electrons. The average Bonchev–Trinajstić information content (AvgIpc) is 3.21. The van der Waals surface area contributed by atoms with E-state index in [1.807, 2.05) is 12.4 Å². The van der Waals surface area contributed by atoms with Crippen molar-refractivity contribution in [3.8, 4) is 11.5 Å². The number of benzene rings is 1. The predicted molar refractivity (Wildman–Crippen MR) is 113 cm³/mol. The zero-order valence-corrected chi connectivity index (χ0v) is 17.6. The van der Waals surface area contributed by atoms with Crippen LogP contribution < -0.4 is 14.8 Å². The number of rotatable bonds is 9. The van der Waals surface area contributed by atoms with Gasteiger partial charge in [0.2, 0.25) is 5.91 Å². The molecule has 0 unspecified atom stereocenters. The van der Waals surface area contributed by atoms with E-state index in [4.69, 9.17) is 9.47 Å². The molecular weight excluding hydrogens is 370 g/mol. The van der Waals surface area contributed by atoms with E-state index in [1.165, 1.54) is 0 Å². The average molecular weight is 402 g/mol. The van der Waals surface area contributed by atoms with Crippen molar-refractivity contribution in [3.63, 3.8) is 0 Å². The van der Waals surface area contributed by atoms with Gasteiger partial charge in [-0.25, -0.2) is 4.98 Å². The molecule has 29 heavy (non-hydrogen) atoms. The summed E-state index contributed by atoms with van der Waals surface area (Å²) in [7, 11) is 3.18. The second-order valence-corrected chi connectivity index (χ2v) is 7.12. The Morgan fingerprint density at radius 1 is 1.10 bits per heavy atom. The van der Waals surface area contributed by atoms with E-state index >= 15 is 0 Å². The van der Waals surface area contributed by atoms with Crippen molar-refractivity contribution >= 4 is 11.6 Å². The van der Waals surface area contributed by atoms with Gasteiger partial charge in [-0.3, -0.25) is 14.6 Å². The number of methoxy groups -OCH3 is 2. The summed E-state index contributed by atoms with van der Waals surface area (Å²) < 4.78 is 12.8. The molecule has 2 heterocycles. The number of carbonyl (C=O) groups is 1. The Hall–Kier alpha value is -2.58. The van der Waals surface area contributed by atoms with Gasteiger partial charge in [-0.05, 0) is 12.1 Å². The molecule has 1 fully saturated rings. The van der Waals surface area contributed by atoms with E-state index in [0.717, 1.165) is 51.5 Å². The Labute approximate surface area is 172 Å². The van der Waals surface area contributed by atoms with Crippen molar-refractivity contribution in [1.29, 1.82) is 0 Å². The van der Waals surface area contributed by atoms with Crippen LogP contribution in [-0.4, -0.2) is 78.7 Å². The van der Waals surface area contributed by atoms with Crippen molar-refractivity contribution in [2.75, 3.05) is 58.8 Å². The van der Waals surface area contributed by atoms with Gasteiger partial charge in [0.15, 0.2) is 0 Å². The van der Waals surface area contributed by atoms with Crippen LogP contribution in [0, 0.1) is 0 Å². The third-order valence-electron chi connectivity index (χ3n) is 5.29. The summed E-state index contributed by atoms with van der Waals surface area (Å²) in [5, 5.41) is 2.94. The largest absolute Gasteiger partial charge is 0.497 e. The van der Waals surface area contributed by atoms with Gasteiger partial charge in [0.05, 0.1) is 26.5 Å². The second kappa shape index (κ2) is 10.3. The number of amides is 1. The van der Waals surface area contributed by atoms with Gasteiger partial charge in [0.25, 0.3) is 0 Å². The number of hydrogen-bond donors (Lipinski definition) is 1. The van der Waals surface area contributed by atoms with Gasteiger partial charge >= 0.3 is 0 Å². The molecule has 3 rings (SSSR count). The van der Waals surface area contributed by atoms with Crippen LogP contribution in [0.2, 0.25) is 0 Å². The minimum atomic E-state index is -0.0343. The highest BCUT2D eigenvalue weighted by Crippen LogP contribution is 2.28. The number of imidazole rings is 1. The first-order valence-electron chi connectivity index (χ1n) is 10.1. The summed E-state index contributed by atoms with van der Waals surface area (Å²) >= 11 is 0. The summed E-state index contributed by atoms with van der Waals surface area (Å²) in [6.07, 6.45) is 4.87. The zero-order valence-electron chi connectivity index (χ0n) is 17.6. The Kier molecular flexibility index (Phi) is 7.48. The first-order valence-corrected chi connectivity index (χ1v) is 10.1. The SMILES string of the molecule is CCc1nccn1CCN1CCN(CC(=O)Nc2ccc(OC)cc2OC)CC1. The van der Waals surface area contributed by atoms with E-state index in [9.17, 15) is 4.79 Å². The third kappa shape index (κ3) is 5.71. The highest BCUT2D eigenvalue weighted by Gasteiger charge is 2.19. The summed E-state index contributed by atoms with van der Waals surface area (Å²) in [6, 6.07) is 5.37. The van der Waals surface area contributed by atoms with Gasteiger partial charge in [-0.15, -0.1) is 0 Å². The molecule has 8 heteroatoms. The van der Waals surface area contributed by atoms with Crippen LogP contribution in [0.5, 0.6) is 11.5 Å². The quantitative estimate of drug-likeness (QED) is 0.690. The van der Waals surface area contributed by atoms with Crippen molar-refractivity contribution in [2.24, 2.45) is 0 Å². The van der Waals surface area contributed by atoms with Gasteiger partial charge in [-0.1, -0.05) is 6.92 Å². The number of ether oxygens (including phenoxy) is 2. The normalized spacial score (nSPS) is 15.3. The molecule has 0 spiro atoms. The lowest BCUT2D eigenvalue weighted by molar-refractivity contribution is -0.117. The Morgan fingerprint density at radius 2 is 1.86 bits per heavy atom. The number of hydrogen-bond acceptors (Lipinski definition) is 6. The smallest absolute Gasteiger partial charge is 0.238 e. The molecular formula is C21H31N5O3.